The van der Waals surface area contributed by atoms with Crippen LogP contribution in [0.5, 0.6) is 0 Å². The Morgan fingerprint density at radius 3 is 2.48 bits per heavy atom. The fraction of sp³-hybridized carbons (Fsp3) is 0.652. The number of hydrogen-bond acceptors (Lipinski definition) is 10. The second-order valence-corrected chi connectivity index (χ2v) is 9.29. The summed E-state index contributed by atoms with van der Waals surface area (Å²) in [6.07, 6.45) is 1.12. The van der Waals surface area contributed by atoms with Crippen LogP contribution in [0.15, 0.2) is 23.3 Å². The molecule has 2 saturated heterocycles. The molecule has 4 aliphatic rings. The molecule has 0 N–H and O–H groups in total. The molecule has 10 heteroatoms. The molecule has 3 aliphatic heterocycles. The van der Waals surface area contributed by atoms with Crippen molar-refractivity contribution in [2.75, 3.05) is 13.2 Å². The van der Waals surface area contributed by atoms with Gasteiger partial charge in [0.15, 0.2) is 6.10 Å². The summed E-state index contributed by atoms with van der Waals surface area (Å²) in [5.74, 6) is -2.62. The van der Waals surface area contributed by atoms with Crippen molar-refractivity contribution in [3.8, 4) is 0 Å². The minimum Gasteiger partial charge on any atom is -0.463 e. The topological polar surface area (TPSA) is 130 Å². The zero-order valence-electron chi connectivity index (χ0n) is 19.2. The summed E-state index contributed by atoms with van der Waals surface area (Å²) >= 11 is 0. The van der Waals surface area contributed by atoms with E-state index in [2.05, 4.69) is 0 Å². The Morgan fingerprint density at radius 1 is 1.15 bits per heavy atom. The summed E-state index contributed by atoms with van der Waals surface area (Å²) in [5.41, 5.74) is -1.18. The van der Waals surface area contributed by atoms with Crippen LogP contribution >= 0.6 is 0 Å². The molecule has 10 nitrogen and oxygen atoms in total. The summed E-state index contributed by atoms with van der Waals surface area (Å²) in [5, 5.41) is 0. The van der Waals surface area contributed by atoms with E-state index in [1.807, 2.05) is 19.1 Å². The van der Waals surface area contributed by atoms with Gasteiger partial charge in [-0.05, 0) is 6.92 Å². The summed E-state index contributed by atoms with van der Waals surface area (Å²) < 4.78 is 33.6. The van der Waals surface area contributed by atoms with Crippen molar-refractivity contribution in [1.82, 2.24) is 0 Å². The SMILES string of the molecule is CC(=O)OCC1=C2C(OC(=O)C(C)C)CC3(COC(C)=O)OC3/C=C\C3(C)OC3C2OC1=O. The third kappa shape index (κ3) is 4.54. The zero-order valence-corrected chi connectivity index (χ0v) is 19.2. The first-order valence-corrected chi connectivity index (χ1v) is 10.9. The molecule has 4 rings (SSSR count). The van der Waals surface area contributed by atoms with E-state index in [9.17, 15) is 19.2 Å². The van der Waals surface area contributed by atoms with Crippen molar-refractivity contribution in [3.63, 3.8) is 0 Å². The van der Waals surface area contributed by atoms with Crippen molar-refractivity contribution in [2.24, 2.45) is 5.92 Å². The van der Waals surface area contributed by atoms with Crippen molar-refractivity contribution in [2.45, 2.75) is 76.7 Å². The van der Waals surface area contributed by atoms with Gasteiger partial charge in [0, 0.05) is 25.8 Å². The van der Waals surface area contributed by atoms with Crippen LogP contribution in [-0.4, -0.2) is 72.7 Å². The maximum absolute atomic E-state index is 12.8. The van der Waals surface area contributed by atoms with Gasteiger partial charge in [-0.25, -0.2) is 4.79 Å². The first-order valence-electron chi connectivity index (χ1n) is 10.9. The van der Waals surface area contributed by atoms with Crippen LogP contribution in [0.1, 0.15) is 41.0 Å². The van der Waals surface area contributed by atoms with Gasteiger partial charge < -0.3 is 28.4 Å². The van der Waals surface area contributed by atoms with Gasteiger partial charge in [0.05, 0.1) is 11.5 Å². The minimum absolute atomic E-state index is 0.0555. The molecule has 2 fully saturated rings. The van der Waals surface area contributed by atoms with E-state index in [4.69, 9.17) is 28.4 Å². The predicted molar refractivity (Wildman–Crippen MR) is 110 cm³/mol. The third-order valence-electron chi connectivity index (χ3n) is 6.27. The Labute approximate surface area is 191 Å². The average Bonchev–Trinajstić information content (AvgIpc) is 3.57. The summed E-state index contributed by atoms with van der Waals surface area (Å²) in [6, 6.07) is 0. The van der Waals surface area contributed by atoms with Crippen molar-refractivity contribution in [3.05, 3.63) is 23.3 Å². The van der Waals surface area contributed by atoms with Crippen LogP contribution in [0.3, 0.4) is 0 Å². The Hall–Kier alpha value is -2.72. The summed E-state index contributed by atoms with van der Waals surface area (Å²) in [7, 11) is 0. The molecule has 0 aromatic carbocycles. The van der Waals surface area contributed by atoms with E-state index in [0.717, 1.165) is 0 Å². The maximum Gasteiger partial charge on any atom is 0.338 e. The van der Waals surface area contributed by atoms with Gasteiger partial charge in [-0.1, -0.05) is 26.0 Å². The summed E-state index contributed by atoms with van der Waals surface area (Å²) in [6.45, 7) is 7.38. The van der Waals surface area contributed by atoms with E-state index in [0.29, 0.717) is 5.57 Å². The van der Waals surface area contributed by atoms with Crippen LogP contribution in [0.2, 0.25) is 0 Å². The minimum atomic E-state index is -0.947. The maximum atomic E-state index is 12.8. The Bertz CT molecular complexity index is 949. The monoisotopic (exact) mass is 464 g/mol. The Morgan fingerprint density at radius 2 is 1.85 bits per heavy atom. The first-order chi connectivity index (χ1) is 15.5. The molecule has 0 radical (unpaired) electrons. The van der Waals surface area contributed by atoms with E-state index in [1.165, 1.54) is 13.8 Å². The van der Waals surface area contributed by atoms with Gasteiger partial charge in [0.1, 0.15) is 42.7 Å². The molecule has 0 saturated carbocycles. The molecule has 180 valence electrons. The van der Waals surface area contributed by atoms with Crippen LogP contribution in [0, 0.1) is 5.92 Å². The quantitative estimate of drug-likeness (QED) is 0.244. The van der Waals surface area contributed by atoms with E-state index in [1.54, 1.807) is 13.8 Å². The number of carbonyl (C=O) groups excluding carboxylic acids is 4. The zero-order chi connectivity index (χ0) is 24.1. The second kappa shape index (κ2) is 8.25. The summed E-state index contributed by atoms with van der Waals surface area (Å²) in [4.78, 5) is 48.3. The van der Waals surface area contributed by atoms with Crippen molar-refractivity contribution >= 4 is 23.9 Å². The van der Waals surface area contributed by atoms with Crippen LogP contribution in [0.4, 0.5) is 0 Å². The highest BCUT2D eigenvalue weighted by molar-refractivity contribution is 5.93. The molecule has 0 aromatic heterocycles. The molecule has 0 bridgehead atoms. The number of fused-ring (bicyclic) bond motifs is 4. The number of ether oxygens (including phenoxy) is 6. The fourth-order valence-corrected chi connectivity index (χ4v) is 4.27. The lowest BCUT2D eigenvalue weighted by atomic mass is 9.85. The molecule has 6 unspecified atom stereocenters. The molecule has 3 heterocycles. The smallest absolute Gasteiger partial charge is 0.338 e. The number of epoxide rings is 2. The molecule has 33 heavy (non-hydrogen) atoms. The molecular formula is C23H28O10. The number of rotatable bonds is 6. The highest BCUT2D eigenvalue weighted by atomic mass is 16.7. The standard InChI is InChI=1S/C23H28O10/c1-11(2)20(26)30-15-8-23(10-29-13(4)25)16(32-23)6-7-22(5)19(33-22)18-17(15)14(21(27)31-18)9-28-12(3)24/h6-7,11,15-16,18-19H,8-10H2,1-5H3/b7-6-. The Kier molecular flexibility index (Phi) is 5.86. The predicted octanol–water partition coefficient (Wildman–Crippen LogP) is 1.16. The van der Waals surface area contributed by atoms with E-state index in [-0.39, 0.29) is 25.2 Å². The molecule has 0 spiro atoms. The van der Waals surface area contributed by atoms with Gasteiger partial charge in [-0.15, -0.1) is 0 Å². The molecule has 6 atom stereocenters. The largest absolute Gasteiger partial charge is 0.463 e. The second-order valence-electron chi connectivity index (χ2n) is 9.29. The normalized spacial score (nSPS) is 37.2. The van der Waals surface area contributed by atoms with Crippen molar-refractivity contribution in [1.29, 1.82) is 0 Å². The molecular weight excluding hydrogens is 436 g/mol. The lowest BCUT2D eigenvalue weighted by molar-refractivity contribution is -0.154. The lowest BCUT2D eigenvalue weighted by Gasteiger charge is -2.27. The third-order valence-corrected chi connectivity index (χ3v) is 6.27. The first kappa shape index (κ1) is 23.4. The molecule has 0 amide bonds. The highest BCUT2D eigenvalue weighted by Gasteiger charge is 2.65. The average molecular weight is 464 g/mol. The van der Waals surface area contributed by atoms with Gasteiger partial charge >= 0.3 is 23.9 Å². The highest BCUT2D eigenvalue weighted by Crippen LogP contribution is 2.52. The van der Waals surface area contributed by atoms with Crippen molar-refractivity contribution < 1.29 is 47.6 Å². The van der Waals surface area contributed by atoms with E-state index < -0.39 is 65.4 Å². The van der Waals surface area contributed by atoms with Gasteiger partial charge in [0.25, 0.3) is 0 Å². The molecule has 0 aromatic rings. The van der Waals surface area contributed by atoms with Crippen LogP contribution < -0.4 is 0 Å². The van der Waals surface area contributed by atoms with Crippen LogP contribution in [-0.2, 0) is 47.6 Å². The van der Waals surface area contributed by atoms with E-state index >= 15 is 0 Å². The molecule has 1 aliphatic carbocycles. The Balaban J connectivity index is 1.77. The number of carbonyl (C=O) groups is 4. The lowest BCUT2D eigenvalue weighted by Crippen LogP contribution is -2.38. The fourth-order valence-electron chi connectivity index (χ4n) is 4.27. The number of hydrogen-bond donors (Lipinski definition) is 0. The number of esters is 4. The van der Waals surface area contributed by atoms with Gasteiger partial charge in [-0.2, -0.15) is 0 Å². The van der Waals surface area contributed by atoms with Gasteiger partial charge in [0.2, 0.25) is 0 Å². The van der Waals surface area contributed by atoms with Gasteiger partial charge in [-0.3, -0.25) is 14.4 Å². The van der Waals surface area contributed by atoms with Crippen LogP contribution in [0.25, 0.3) is 0 Å².